The van der Waals surface area contributed by atoms with Gasteiger partial charge in [-0.1, -0.05) is 46.3 Å². The zero-order chi connectivity index (χ0) is 33.0. The number of Topliss-reactive ketones (excluding diaryl/α,β-unsaturated/α-hetero) is 1. The fourth-order valence-corrected chi connectivity index (χ4v) is 7.36. The molecule has 0 saturated carbocycles. The molecule has 2 fully saturated rings. The number of allylic oxidation sites excluding steroid dienone is 2. The highest BCUT2D eigenvalue weighted by atomic mass is 16.7. The average molecular weight is 626 g/mol. The van der Waals surface area contributed by atoms with Gasteiger partial charge in [-0.05, 0) is 46.7 Å². The summed E-state index contributed by atoms with van der Waals surface area (Å²) in [6.07, 6.45) is -3.55. The monoisotopic (exact) mass is 625 g/mol. The van der Waals surface area contributed by atoms with Gasteiger partial charge < -0.3 is 39.2 Å². The van der Waals surface area contributed by atoms with Crippen LogP contribution in [0.25, 0.3) is 0 Å². The van der Waals surface area contributed by atoms with Crippen molar-refractivity contribution in [3.05, 3.63) is 11.6 Å². The standard InChI is InChI=1S/C33H55NO10/c1-10-25-22-15-41-32(40)20(6)27(22)16(2)11-12-23(35)17(3)13-18(4)31(19(5)24(36)14-26(37)43-25)44-33-30(39)28(34(8)9)29(38)21(7)42-33/h11,17-22,24-25,27-31,33,36,38-39H,10,12-15H2,1-9H3/b16-11+/t17-,18+,19+,20?,21?,22-,24-,25-,27?,28?,29?,30?,31+,33?/m1/s1. The summed E-state index contributed by atoms with van der Waals surface area (Å²) < 4.78 is 23.7. The Morgan fingerprint density at radius 2 is 1.68 bits per heavy atom. The lowest BCUT2D eigenvalue weighted by molar-refractivity contribution is -0.303. The van der Waals surface area contributed by atoms with Gasteiger partial charge in [0.15, 0.2) is 6.29 Å². The maximum atomic E-state index is 13.4. The lowest BCUT2D eigenvalue weighted by Gasteiger charge is -2.46. The Labute approximate surface area is 262 Å². The molecule has 252 valence electrons. The van der Waals surface area contributed by atoms with E-state index in [4.69, 9.17) is 18.9 Å². The first kappa shape index (κ1) is 36.6. The topological polar surface area (TPSA) is 152 Å². The predicted octanol–water partition coefficient (Wildman–Crippen LogP) is 2.48. The highest BCUT2D eigenvalue weighted by Gasteiger charge is 2.47. The van der Waals surface area contributed by atoms with Crippen LogP contribution in [0.1, 0.15) is 74.1 Å². The number of hydrogen-bond donors (Lipinski definition) is 3. The van der Waals surface area contributed by atoms with Gasteiger partial charge in [-0.2, -0.15) is 0 Å². The van der Waals surface area contributed by atoms with E-state index in [1.165, 1.54) is 0 Å². The highest BCUT2D eigenvalue weighted by Crippen LogP contribution is 2.39. The number of fused-ring (bicyclic) bond motifs is 1. The van der Waals surface area contributed by atoms with E-state index in [0.29, 0.717) is 12.8 Å². The van der Waals surface area contributed by atoms with Gasteiger partial charge in [0.25, 0.3) is 0 Å². The van der Waals surface area contributed by atoms with Crippen LogP contribution in [0.2, 0.25) is 0 Å². The first-order valence-electron chi connectivity index (χ1n) is 16.2. The SMILES string of the molecule is CC[C@H]1OC(=O)C[C@@H](O)[C@H](C)[C@@H](OC2OC(C)C(O)C(N(C)C)C2O)[C@@H](C)C[C@@H](C)C(=O)C/C=C(\C)C2C(C)C(=O)OC[C@@H]21. The van der Waals surface area contributed by atoms with E-state index >= 15 is 0 Å². The normalized spacial score (nSPS) is 44.8. The Bertz CT molecular complexity index is 1030. The van der Waals surface area contributed by atoms with Crippen LogP contribution in [0, 0.1) is 35.5 Å². The van der Waals surface area contributed by atoms with E-state index in [1.54, 1.807) is 39.8 Å². The number of cyclic esters (lactones) is 2. The van der Waals surface area contributed by atoms with Crippen molar-refractivity contribution >= 4 is 17.7 Å². The number of carbonyl (C=O) groups is 3. The number of carbonyl (C=O) groups excluding carboxylic acids is 3. The number of ether oxygens (including phenoxy) is 4. The van der Waals surface area contributed by atoms with Crippen molar-refractivity contribution in [2.24, 2.45) is 35.5 Å². The highest BCUT2D eigenvalue weighted by molar-refractivity contribution is 5.82. The van der Waals surface area contributed by atoms with Crippen molar-refractivity contribution < 1.29 is 48.7 Å². The van der Waals surface area contributed by atoms with E-state index in [9.17, 15) is 29.7 Å². The van der Waals surface area contributed by atoms with E-state index in [1.807, 2.05) is 33.8 Å². The number of likely N-dealkylation sites (N-methyl/N-ethyl adjacent to an activating group) is 1. The van der Waals surface area contributed by atoms with Gasteiger partial charge >= 0.3 is 11.9 Å². The van der Waals surface area contributed by atoms with Crippen LogP contribution in [0.5, 0.6) is 0 Å². The lowest BCUT2D eigenvalue weighted by atomic mass is 9.73. The molecule has 0 spiro atoms. The molecule has 3 rings (SSSR count). The van der Waals surface area contributed by atoms with Crippen LogP contribution >= 0.6 is 0 Å². The molecule has 7 unspecified atom stereocenters. The minimum absolute atomic E-state index is 0.0367. The van der Waals surface area contributed by atoms with Crippen LogP contribution < -0.4 is 0 Å². The van der Waals surface area contributed by atoms with Crippen molar-refractivity contribution in [3.63, 3.8) is 0 Å². The maximum absolute atomic E-state index is 13.4. The quantitative estimate of drug-likeness (QED) is 0.312. The molecule has 0 amide bonds. The molecule has 11 nitrogen and oxygen atoms in total. The van der Waals surface area contributed by atoms with Crippen LogP contribution in [0.4, 0.5) is 0 Å². The first-order valence-corrected chi connectivity index (χ1v) is 16.2. The molecule has 0 aromatic carbocycles. The number of nitrogens with zero attached hydrogens (tertiary/aromatic N) is 1. The summed E-state index contributed by atoms with van der Waals surface area (Å²) in [6, 6.07) is -0.646. The maximum Gasteiger partial charge on any atom is 0.309 e. The van der Waals surface area contributed by atoms with Crippen molar-refractivity contribution in [2.45, 2.75) is 123 Å². The Morgan fingerprint density at radius 3 is 2.30 bits per heavy atom. The summed E-state index contributed by atoms with van der Waals surface area (Å²) in [4.78, 5) is 40.8. The number of aliphatic hydroxyl groups excluding tert-OH is 3. The van der Waals surface area contributed by atoms with Gasteiger partial charge in [0.2, 0.25) is 0 Å². The Kier molecular flexibility index (Phi) is 13.0. The third kappa shape index (κ3) is 8.27. The zero-order valence-electron chi connectivity index (χ0n) is 27.8. The number of rotatable bonds is 4. The second-order valence-electron chi connectivity index (χ2n) is 13.7. The molecule has 14 atom stereocenters. The Hall–Kier alpha value is -1.89. The zero-order valence-corrected chi connectivity index (χ0v) is 27.8. The summed E-state index contributed by atoms with van der Waals surface area (Å²) >= 11 is 0. The first-order chi connectivity index (χ1) is 20.6. The molecule has 0 aromatic heterocycles. The van der Waals surface area contributed by atoms with Gasteiger partial charge in [-0.25, -0.2) is 0 Å². The van der Waals surface area contributed by atoms with E-state index in [-0.39, 0.29) is 54.9 Å². The molecule has 3 aliphatic heterocycles. The molecule has 11 heteroatoms. The third-order valence-corrected chi connectivity index (χ3v) is 10.1. The van der Waals surface area contributed by atoms with Gasteiger partial charge in [0, 0.05) is 30.1 Å². The van der Waals surface area contributed by atoms with Crippen LogP contribution in [-0.4, -0.2) is 108 Å². The van der Waals surface area contributed by atoms with Crippen LogP contribution in [0.15, 0.2) is 11.6 Å². The number of esters is 2. The lowest BCUT2D eigenvalue weighted by Crippen LogP contribution is -2.63. The minimum atomic E-state index is -1.18. The summed E-state index contributed by atoms with van der Waals surface area (Å²) in [5.74, 6) is -3.06. The molecule has 0 radical (unpaired) electrons. The predicted molar refractivity (Wildman–Crippen MR) is 162 cm³/mol. The second-order valence-corrected chi connectivity index (χ2v) is 13.7. The molecule has 2 saturated heterocycles. The molecule has 0 bridgehead atoms. The molecular formula is C33H55NO10. The van der Waals surface area contributed by atoms with Gasteiger partial charge in [-0.3, -0.25) is 14.4 Å². The van der Waals surface area contributed by atoms with E-state index < -0.39 is 66.8 Å². The smallest absolute Gasteiger partial charge is 0.309 e. The molecule has 3 aliphatic rings. The van der Waals surface area contributed by atoms with Crippen molar-refractivity contribution in [3.8, 4) is 0 Å². The molecule has 3 heterocycles. The number of ketones is 1. The minimum Gasteiger partial charge on any atom is -0.465 e. The fraction of sp³-hybridized carbons (Fsp3) is 0.848. The van der Waals surface area contributed by atoms with Gasteiger partial charge in [-0.15, -0.1) is 0 Å². The molecular weight excluding hydrogens is 570 g/mol. The molecule has 0 aromatic rings. The third-order valence-electron chi connectivity index (χ3n) is 10.1. The largest absolute Gasteiger partial charge is 0.465 e. The summed E-state index contributed by atoms with van der Waals surface area (Å²) in [6.45, 7) is 13.0. The fourth-order valence-electron chi connectivity index (χ4n) is 7.36. The molecule has 44 heavy (non-hydrogen) atoms. The number of aliphatic hydroxyl groups is 3. The van der Waals surface area contributed by atoms with Crippen LogP contribution in [-0.2, 0) is 33.3 Å². The van der Waals surface area contributed by atoms with Crippen molar-refractivity contribution in [1.82, 2.24) is 4.90 Å². The molecule has 0 aliphatic carbocycles. The van der Waals surface area contributed by atoms with E-state index in [0.717, 1.165) is 5.57 Å². The summed E-state index contributed by atoms with van der Waals surface area (Å²) in [5.41, 5.74) is 0.888. The second kappa shape index (κ2) is 15.6. The van der Waals surface area contributed by atoms with E-state index in [2.05, 4.69) is 0 Å². The Morgan fingerprint density at radius 1 is 1.02 bits per heavy atom. The Balaban J connectivity index is 1.94. The van der Waals surface area contributed by atoms with Gasteiger partial charge in [0.05, 0.1) is 49.4 Å². The average Bonchev–Trinajstić information content (AvgIpc) is 2.95. The van der Waals surface area contributed by atoms with Crippen molar-refractivity contribution in [1.29, 1.82) is 0 Å². The molecule has 3 N–H and O–H groups in total. The number of hydrogen-bond acceptors (Lipinski definition) is 11. The van der Waals surface area contributed by atoms with Crippen LogP contribution in [0.3, 0.4) is 0 Å². The van der Waals surface area contributed by atoms with Gasteiger partial charge in [0.1, 0.15) is 18.0 Å². The summed E-state index contributed by atoms with van der Waals surface area (Å²) in [7, 11) is 3.51. The van der Waals surface area contributed by atoms with Crippen molar-refractivity contribution in [2.75, 3.05) is 20.7 Å². The summed E-state index contributed by atoms with van der Waals surface area (Å²) in [5, 5.41) is 33.1.